The highest BCUT2D eigenvalue weighted by atomic mass is 16.6. The van der Waals surface area contributed by atoms with Crippen LogP contribution in [0.1, 0.15) is 20.1 Å². The Balaban J connectivity index is 2.56. The SMILES string of the molecule is CC(C)=C=C[C@@]1(O)[C@H](O)[C@@H](CO)O[C@H]1n1cnc(N)nc1=O. The van der Waals surface area contributed by atoms with Gasteiger partial charge in [-0.1, -0.05) is 0 Å². The molecule has 22 heavy (non-hydrogen) atoms. The van der Waals surface area contributed by atoms with E-state index in [-0.39, 0.29) is 5.95 Å². The maximum Gasteiger partial charge on any atom is 0.354 e. The molecule has 0 aromatic carbocycles. The summed E-state index contributed by atoms with van der Waals surface area (Å²) in [6.07, 6.45) is -1.59. The minimum atomic E-state index is -1.98. The van der Waals surface area contributed by atoms with E-state index in [1.54, 1.807) is 13.8 Å². The number of ether oxygens (including phenoxy) is 1. The number of aliphatic hydroxyl groups excluding tert-OH is 2. The predicted octanol–water partition coefficient (Wildman–Crippen LogP) is -1.68. The summed E-state index contributed by atoms with van der Waals surface area (Å²) in [6, 6.07) is 0. The minimum absolute atomic E-state index is 0.220. The van der Waals surface area contributed by atoms with E-state index in [0.717, 1.165) is 16.5 Å². The molecule has 4 atom stereocenters. The second kappa shape index (κ2) is 5.99. The number of aliphatic hydroxyl groups is 3. The van der Waals surface area contributed by atoms with Gasteiger partial charge in [-0.05, 0) is 25.5 Å². The lowest BCUT2D eigenvalue weighted by molar-refractivity contribution is -0.0818. The van der Waals surface area contributed by atoms with Gasteiger partial charge in [-0.2, -0.15) is 4.98 Å². The lowest BCUT2D eigenvalue weighted by atomic mass is 9.93. The predicted molar refractivity (Wildman–Crippen MR) is 75.6 cm³/mol. The summed E-state index contributed by atoms with van der Waals surface area (Å²) in [7, 11) is 0. The van der Waals surface area contributed by atoms with Crippen LogP contribution in [0.5, 0.6) is 0 Å². The number of hydrogen-bond donors (Lipinski definition) is 4. The highest BCUT2D eigenvalue weighted by Crippen LogP contribution is 2.38. The summed E-state index contributed by atoms with van der Waals surface area (Å²) in [6.45, 7) is 2.96. The second-order valence-corrected chi connectivity index (χ2v) is 5.23. The average molecular weight is 310 g/mol. The van der Waals surface area contributed by atoms with E-state index in [4.69, 9.17) is 10.5 Å². The van der Waals surface area contributed by atoms with Gasteiger partial charge in [0.2, 0.25) is 5.95 Å². The van der Waals surface area contributed by atoms with E-state index >= 15 is 0 Å². The number of anilines is 1. The fraction of sp³-hybridized carbons (Fsp3) is 0.538. The topological polar surface area (TPSA) is 144 Å². The molecule has 0 bridgehead atoms. The largest absolute Gasteiger partial charge is 0.394 e. The molecule has 0 saturated carbocycles. The van der Waals surface area contributed by atoms with Gasteiger partial charge in [-0.3, -0.25) is 4.57 Å². The van der Waals surface area contributed by atoms with Crippen molar-refractivity contribution in [1.29, 1.82) is 0 Å². The zero-order chi connectivity index (χ0) is 16.5. The van der Waals surface area contributed by atoms with E-state index in [2.05, 4.69) is 15.7 Å². The fourth-order valence-electron chi connectivity index (χ4n) is 2.16. The van der Waals surface area contributed by atoms with Gasteiger partial charge in [0, 0.05) is 0 Å². The zero-order valence-corrected chi connectivity index (χ0v) is 12.2. The van der Waals surface area contributed by atoms with Crippen LogP contribution in [0.4, 0.5) is 5.95 Å². The standard InChI is InChI=1S/C13H18N4O5/c1-7(2)3-4-13(21)9(19)8(5-18)22-10(13)17-6-15-11(14)16-12(17)20/h4,6,8-10,18-19,21H,5H2,1-2H3,(H2,14,16,20)/t8-,9-,10-,13-/m1/s1. The van der Waals surface area contributed by atoms with Crippen LogP contribution in [-0.4, -0.2) is 54.3 Å². The number of nitrogens with zero attached hydrogens (tertiary/aromatic N) is 3. The summed E-state index contributed by atoms with van der Waals surface area (Å²) < 4.78 is 6.29. The van der Waals surface area contributed by atoms with Crippen LogP contribution in [0.15, 0.2) is 28.5 Å². The average Bonchev–Trinajstić information content (AvgIpc) is 2.70. The molecule has 1 aliphatic rings. The van der Waals surface area contributed by atoms with Crippen LogP contribution in [-0.2, 0) is 4.74 Å². The molecular weight excluding hydrogens is 292 g/mol. The van der Waals surface area contributed by atoms with Gasteiger partial charge in [0.15, 0.2) is 11.8 Å². The van der Waals surface area contributed by atoms with Gasteiger partial charge in [0.25, 0.3) is 0 Å². The molecule has 0 spiro atoms. The van der Waals surface area contributed by atoms with Crippen molar-refractivity contribution in [2.45, 2.75) is 37.9 Å². The van der Waals surface area contributed by atoms with Crippen molar-refractivity contribution >= 4 is 5.95 Å². The first kappa shape index (κ1) is 16.3. The first-order valence-electron chi connectivity index (χ1n) is 6.58. The van der Waals surface area contributed by atoms with Crippen molar-refractivity contribution in [3.8, 4) is 0 Å². The monoisotopic (exact) mass is 310 g/mol. The number of nitrogens with two attached hydrogens (primary N) is 1. The molecule has 0 radical (unpaired) electrons. The van der Waals surface area contributed by atoms with Crippen molar-refractivity contribution in [1.82, 2.24) is 14.5 Å². The van der Waals surface area contributed by atoms with Crippen LogP contribution in [0.25, 0.3) is 0 Å². The van der Waals surface area contributed by atoms with Crippen molar-refractivity contribution in [2.24, 2.45) is 0 Å². The molecule has 0 amide bonds. The quantitative estimate of drug-likeness (QED) is 0.485. The van der Waals surface area contributed by atoms with Crippen LogP contribution < -0.4 is 11.4 Å². The molecule has 5 N–H and O–H groups in total. The lowest BCUT2D eigenvalue weighted by Gasteiger charge is -2.27. The van der Waals surface area contributed by atoms with Gasteiger partial charge in [-0.25, -0.2) is 9.78 Å². The van der Waals surface area contributed by atoms with E-state index in [1.807, 2.05) is 0 Å². The van der Waals surface area contributed by atoms with Crippen LogP contribution in [0, 0.1) is 0 Å². The minimum Gasteiger partial charge on any atom is -0.394 e. The molecule has 1 fully saturated rings. The Hall–Kier alpha value is -2.03. The molecular formula is C13H18N4O5. The van der Waals surface area contributed by atoms with E-state index in [9.17, 15) is 20.1 Å². The maximum absolute atomic E-state index is 11.9. The third-order valence-corrected chi connectivity index (χ3v) is 3.30. The van der Waals surface area contributed by atoms with Crippen LogP contribution in [0.2, 0.25) is 0 Å². The Morgan fingerprint density at radius 1 is 1.64 bits per heavy atom. The highest BCUT2D eigenvalue weighted by molar-refractivity contribution is 5.16. The highest BCUT2D eigenvalue weighted by Gasteiger charge is 2.55. The van der Waals surface area contributed by atoms with Gasteiger partial charge in [-0.15, -0.1) is 5.73 Å². The van der Waals surface area contributed by atoms with Crippen molar-refractivity contribution in [2.75, 3.05) is 12.3 Å². The van der Waals surface area contributed by atoms with Crippen molar-refractivity contribution < 1.29 is 20.1 Å². The summed E-state index contributed by atoms with van der Waals surface area (Å²) in [4.78, 5) is 19.0. The van der Waals surface area contributed by atoms with E-state index in [0.29, 0.717) is 0 Å². The fourth-order valence-corrected chi connectivity index (χ4v) is 2.16. The molecule has 1 saturated heterocycles. The van der Waals surface area contributed by atoms with E-state index < -0.39 is 36.3 Å². The number of aromatic nitrogens is 3. The molecule has 1 aromatic rings. The number of rotatable bonds is 3. The Bertz CT molecular complexity index is 677. The Morgan fingerprint density at radius 3 is 2.86 bits per heavy atom. The molecule has 0 unspecified atom stereocenters. The third kappa shape index (κ3) is 2.80. The summed E-state index contributed by atoms with van der Waals surface area (Å²) >= 11 is 0. The molecule has 1 aromatic heterocycles. The molecule has 1 aliphatic heterocycles. The van der Waals surface area contributed by atoms with Gasteiger partial charge >= 0.3 is 5.69 Å². The first-order chi connectivity index (χ1) is 10.3. The Labute approximate surface area is 126 Å². The summed E-state index contributed by atoms with van der Waals surface area (Å²) in [5.74, 6) is -0.220. The number of nitrogen functional groups attached to an aromatic ring is 1. The molecule has 9 nitrogen and oxygen atoms in total. The molecule has 9 heteroatoms. The maximum atomic E-state index is 11.9. The van der Waals surface area contributed by atoms with Crippen LogP contribution in [0.3, 0.4) is 0 Å². The van der Waals surface area contributed by atoms with E-state index in [1.165, 1.54) is 6.08 Å². The van der Waals surface area contributed by atoms with Gasteiger partial charge < -0.3 is 25.8 Å². The lowest BCUT2D eigenvalue weighted by Crippen LogP contribution is -2.47. The van der Waals surface area contributed by atoms with Gasteiger partial charge in [0.1, 0.15) is 18.5 Å². The van der Waals surface area contributed by atoms with Crippen molar-refractivity contribution in [3.05, 3.63) is 34.2 Å². The normalized spacial score (nSPS) is 30.9. The van der Waals surface area contributed by atoms with Crippen LogP contribution >= 0.6 is 0 Å². The molecule has 2 rings (SSSR count). The zero-order valence-electron chi connectivity index (χ0n) is 12.2. The van der Waals surface area contributed by atoms with Crippen molar-refractivity contribution in [3.63, 3.8) is 0 Å². The Kier molecular flexibility index (Phi) is 4.45. The summed E-state index contributed by atoms with van der Waals surface area (Å²) in [5.41, 5.74) is 6.06. The summed E-state index contributed by atoms with van der Waals surface area (Å²) in [5, 5.41) is 30.2. The molecule has 2 heterocycles. The third-order valence-electron chi connectivity index (χ3n) is 3.30. The molecule has 120 valence electrons. The Morgan fingerprint density at radius 2 is 2.32 bits per heavy atom. The first-order valence-corrected chi connectivity index (χ1v) is 6.58. The second-order valence-electron chi connectivity index (χ2n) is 5.23. The van der Waals surface area contributed by atoms with Gasteiger partial charge in [0.05, 0.1) is 6.61 Å². The molecule has 0 aliphatic carbocycles. The smallest absolute Gasteiger partial charge is 0.354 e. The number of hydrogen-bond acceptors (Lipinski definition) is 8.